The van der Waals surface area contributed by atoms with Gasteiger partial charge in [0.1, 0.15) is 17.2 Å². The van der Waals surface area contributed by atoms with Crippen LogP contribution in [-0.4, -0.2) is 57.3 Å². The smallest absolute Gasteiger partial charge is 0.420 e. The van der Waals surface area contributed by atoms with Crippen molar-refractivity contribution in [1.29, 1.82) is 5.26 Å². The largest absolute Gasteiger partial charge is 0.496 e. The molecule has 0 atom stereocenters. The number of amides is 1. The SMILES string of the molecule is COc1cc(Oc2ccc(C#N)cc2C(F)(F)F)ccc1C=C1C(=O)N(CCN2CCOCC2)c2cccc(Br)c21. The van der Waals surface area contributed by atoms with Crippen molar-refractivity contribution in [3.05, 3.63) is 81.3 Å². The van der Waals surface area contributed by atoms with E-state index in [2.05, 4.69) is 20.8 Å². The average Bonchev–Trinajstić information content (AvgIpc) is 3.23. The highest BCUT2D eigenvalue weighted by atomic mass is 79.9. The maximum atomic E-state index is 13.7. The molecule has 0 N–H and O–H groups in total. The first-order chi connectivity index (χ1) is 19.7. The van der Waals surface area contributed by atoms with Gasteiger partial charge < -0.3 is 19.1 Å². The Kier molecular flexibility index (Phi) is 8.35. The molecule has 1 amide bonds. The number of ether oxygens (including phenoxy) is 3. The molecule has 1 fully saturated rings. The highest BCUT2D eigenvalue weighted by Gasteiger charge is 2.36. The summed E-state index contributed by atoms with van der Waals surface area (Å²) in [4.78, 5) is 17.7. The summed E-state index contributed by atoms with van der Waals surface area (Å²) < 4.78 is 58.2. The summed E-state index contributed by atoms with van der Waals surface area (Å²) in [7, 11) is 1.43. The van der Waals surface area contributed by atoms with Crippen LogP contribution in [-0.2, 0) is 15.7 Å². The number of anilines is 1. The summed E-state index contributed by atoms with van der Waals surface area (Å²) in [5, 5.41) is 9.01. The molecule has 7 nitrogen and oxygen atoms in total. The second-order valence-electron chi connectivity index (χ2n) is 9.43. The summed E-state index contributed by atoms with van der Waals surface area (Å²) >= 11 is 3.59. The van der Waals surface area contributed by atoms with Crippen molar-refractivity contribution in [2.45, 2.75) is 6.18 Å². The fraction of sp³-hybridized carbons (Fsp3) is 0.267. The van der Waals surface area contributed by atoms with E-state index in [9.17, 15) is 18.0 Å². The molecule has 11 heteroatoms. The molecule has 1 saturated heterocycles. The van der Waals surface area contributed by atoms with Crippen LogP contribution in [0, 0.1) is 11.3 Å². The first-order valence-electron chi connectivity index (χ1n) is 12.8. The summed E-state index contributed by atoms with van der Waals surface area (Å²) in [5.41, 5.74) is 1.38. The molecule has 0 aromatic heterocycles. The van der Waals surface area contributed by atoms with Crippen molar-refractivity contribution in [2.75, 3.05) is 51.4 Å². The normalized spacial score (nSPS) is 16.5. The van der Waals surface area contributed by atoms with Crippen LogP contribution in [0.15, 0.2) is 59.1 Å². The number of nitrogens with zero attached hydrogens (tertiary/aromatic N) is 3. The van der Waals surface area contributed by atoms with E-state index < -0.39 is 17.5 Å². The Hall–Kier alpha value is -3.85. The Morgan fingerprint density at radius 2 is 1.85 bits per heavy atom. The number of rotatable bonds is 7. The minimum atomic E-state index is -4.71. The molecular weight excluding hydrogens is 603 g/mol. The van der Waals surface area contributed by atoms with E-state index in [1.165, 1.54) is 25.3 Å². The van der Waals surface area contributed by atoms with E-state index in [0.717, 1.165) is 40.9 Å². The topological polar surface area (TPSA) is 75.0 Å². The average molecular weight is 628 g/mol. The van der Waals surface area contributed by atoms with Gasteiger partial charge in [-0.25, -0.2) is 0 Å². The first kappa shape index (κ1) is 28.7. The first-order valence-corrected chi connectivity index (χ1v) is 13.6. The Bertz CT molecular complexity index is 1540. The lowest BCUT2D eigenvalue weighted by Gasteiger charge is -2.28. The van der Waals surface area contributed by atoms with Crippen molar-refractivity contribution in [3.8, 4) is 23.3 Å². The fourth-order valence-electron chi connectivity index (χ4n) is 4.85. The lowest BCUT2D eigenvalue weighted by Crippen LogP contribution is -2.42. The molecule has 3 aromatic rings. The second-order valence-corrected chi connectivity index (χ2v) is 10.3. The summed E-state index contributed by atoms with van der Waals surface area (Å²) in [6.07, 6.45) is -3.00. The molecule has 0 spiro atoms. The molecule has 2 aliphatic heterocycles. The van der Waals surface area contributed by atoms with E-state index in [4.69, 9.17) is 19.5 Å². The zero-order chi connectivity index (χ0) is 29.1. The number of hydrogen-bond acceptors (Lipinski definition) is 6. The van der Waals surface area contributed by atoms with Crippen LogP contribution in [0.25, 0.3) is 11.6 Å². The molecule has 0 radical (unpaired) electrons. The van der Waals surface area contributed by atoms with E-state index in [0.29, 0.717) is 43.2 Å². The van der Waals surface area contributed by atoms with Gasteiger partial charge in [-0.2, -0.15) is 18.4 Å². The minimum Gasteiger partial charge on any atom is -0.496 e. The number of benzene rings is 3. The van der Waals surface area contributed by atoms with Gasteiger partial charge in [0.2, 0.25) is 0 Å². The third-order valence-electron chi connectivity index (χ3n) is 6.92. The zero-order valence-electron chi connectivity index (χ0n) is 22.0. The van der Waals surface area contributed by atoms with Gasteiger partial charge in [0, 0.05) is 47.8 Å². The van der Waals surface area contributed by atoms with Crippen molar-refractivity contribution in [2.24, 2.45) is 0 Å². The van der Waals surface area contributed by atoms with Crippen LogP contribution in [0.2, 0.25) is 0 Å². The third kappa shape index (κ3) is 6.10. The molecule has 2 aliphatic rings. The van der Waals surface area contributed by atoms with Gasteiger partial charge in [-0.3, -0.25) is 9.69 Å². The molecule has 0 unspecified atom stereocenters. The van der Waals surface area contributed by atoms with Crippen LogP contribution in [0.1, 0.15) is 22.3 Å². The number of morpholine rings is 1. The molecule has 0 bridgehead atoms. The predicted octanol–water partition coefficient (Wildman–Crippen LogP) is 6.36. The van der Waals surface area contributed by atoms with Crippen LogP contribution < -0.4 is 14.4 Å². The molecule has 0 saturated carbocycles. The Morgan fingerprint density at radius 1 is 1.07 bits per heavy atom. The number of halogens is 4. The highest BCUT2D eigenvalue weighted by molar-refractivity contribution is 9.10. The van der Waals surface area contributed by atoms with E-state index >= 15 is 0 Å². The second kappa shape index (κ2) is 11.9. The van der Waals surface area contributed by atoms with Crippen LogP contribution >= 0.6 is 15.9 Å². The minimum absolute atomic E-state index is 0.102. The van der Waals surface area contributed by atoms with Crippen LogP contribution in [0.4, 0.5) is 18.9 Å². The molecule has 0 aliphatic carbocycles. The fourth-order valence-corrected chi connectivity index (χ4v) is 5.42. The van der Waals surface area contributed by atoms with Gasteiger partial charge in [-0.05, 0) is 48.5 Å². The van der Waals surface area contributed by atoms with Crippen molar-refractivity contribution in [3.63, 3.8) is 0 Å². The molecule has 2 heterocycles. The van der Waals surface area contributed by atoms with Crippen molar-refractivity contribution < 1.29 is 32.2 Å². The lowest BCUT2D eigenvalue weighted by atomic mass is 10.0. The van der Waals surface area contributed by atoms with E-state index in [1.807, 2.05) is 18.2 Å². The van der Waals surface area contributed by atoms with Gasteiger partial charge in [0.15, 0.2) is 0 Å². The summed E-state index contributed by atoms with van der Waals surface area (Å²) in [6.45, 7) is 4.19. The number of alkyl halides is 3. The molecule has 3 aromatic carbocycles. The maximum Gasteiger partial charge on any atom is 0.420 e. The van der Waals surface area contributed by atoms with E-state index in [1.54, 1.807) is 23.1 Å². The van der Waals surface area contributed by atoms with Crippen molar-refractivity contribution >= 4 is 39.2 Å². The molecular formula is C30H25BrF3N3O4. The quantitative estimate of drug-likeness (QED) is 0.284. The van der Waals surface area contributed by atoms with Crippen molar-refractivity contribution in [1.82, 2.24) is 4.90 Å². The number of methoxy groups -OCH3 is 1. The summed E-state index contributed by atoms with van der Waals surface area (Å²) in [5.74, 6) is -0.185. The Labute approximate surface area is 243 Å². The summed E-state index contributed by atoms with van der Waals surface area (Å²) in [6, 6.07) is 15.1. The van der Waals surface area contributed by atoms with Gasteiger partial charge >= 0.3 is 6.18 Å². The molecule has 41 heavy (non-hydrogen) atoms. The third-order valence-corrected chi connectivity index (χ3v) is 7.58. The highest BCUT2D eigenvalue weighted by Crippen LogP contribution is 2.44. The monoisotopic (exact) mass is 627 g/mol. The predicted molar refractivity (Wildman–Crippen MR) is 151 cm³/mol. The molecule has 5 rings (SSSR count). The number of carbonyl (C=O) groups excluding carboxylic acids is 1. The van der Waals surface area contributed by atoms with E-state index in [-0.39, 0.29) is 17.2 Å². The number of carbonyl (C=O) groups is 1. The zero-order valence-corrected chi connectivity index (χ0v) is 23.6. The van der Waals surface area contributed by atoms with Gasteiger partial charge in [0.05, 0.1) is 48.8 Å². The van der Waals surface area contributed by atoms with Gasteiger partial charge in [-0.1, -0.05) is 22.0 Å². The lowest BCUT2D eigenvalue weighted by molar-refractivity contribution is -0.138. The van der Waals surface area contributed by atoms with Crippen LogP contribution in [0.3, 0.4) is 0 Å². The number of nitriles is 1. The Balaban J connectivity index is 1.45. The Morgan fingerprint density at radius 3 is 2.56 bits per heavy atom. The maximum absolute atomic E-state index is 13.7. The van der Waals surface area contributed by atoms with Crippen LogP contribution in [0.5, 0.6) is 17.2 Å². The molecule has 212 valence electrons. The number of hydrogen-bond donors (Lipinski definition) is 0. The van der Waals surface area contributed by atoms with Gasteiger partial charge in [0.25, 0.3) is 5.91 Å². The number of fused-ring (bicyclic) bond motifs is 1. The van der Waals surface area contributed by atoms with Gasteiger partial charge in [-0.15, -0.1) is 0 Å². The standard InChI is InChI=1S/C30H25BrF3N3O4/c1-39-27-17-21(41-26-8-5-19(18-35)15-23(26)30(32,33)34)7-6-20(27)16-22-28-24(31)3-2-4-25(28)37(29(22)38)10-9-36-11-13-40-14-12-36/h2-8,15-17H,9-14H2,1H3.